The highest BCUT2D eigenvalue weighted by molar-refractivity contribution is 6.46. The summed E-state index contributed by atoms with van der Waals surface area (Å²) < 4.78 is 10.7. The maximum Gasteiger partial charge on any atom is 0.295 e. The van der Waals surface area contributed by atoms with Crippen LogP contribution in [0.5, 0.6) is 11.5 Å². The molecule has 0 radical (unpaired) electrons. The quantitative estimate of drug-likeness (QED) is 0.430. The fourth-order valence-corrected chi connectivity index (χ4v) is 3.54. The van der Waals surface area contributed by atoms with Crippen molar-refractivity contribution in [1.82, 2.24) is 9.80 Å². The minimum absolute atomic E-state index is 0.0668. The van der Waals surface area contributed by atoms with E-state index in [0.29, 0.717) is 35.7 Å². The second kappa shape index (κ2) is 9.00. The highest BCUT2D eigenvalue weighted by Gasteiger charge is 2.46. The lowest BCUT2D eigenvalue weighted by atomic mass is 9.95. The molecule has 158 valence electrons. The molecule has 2 aromatic rings. The number of likely N-dealkylation sites (N-methyl/N-ethyl adjacent to an activating group) is 1. The van der Waals surface area contributed by atoms with Gasteiger partial charge >= 0.3 is 0 Å². The number of carbonyl (C=O) groups excluding carboxylic acids is 2. The zero-order valence-electron chi connectivity index (χ0n) is 17.6. The largest absolute Gasteiger partial charge is 0.507 e. The van der Waals surface area contributed by atoms with Crippen LogP contribution in [0.4, 0.5) is 0 Å². The Kier molecular flexibility index (Phi) is 6.42. The summed E-state index contributed by atoms with van der Waals surface area (Å²) in [6.45, 7) is 0.907. The maximum absolute atomic E-state index is 13.0. The van der Waals surface area contributed by atoms with Gasteiger partial charge in [-0.05, 0) is 31.8 Å². The van der Waals surface area contributed by atoms with E-state index >= 15 is 0 Å². The summed E-state index contributed by atoms with van der Waals surface area (Å²) in [6, 6.07) is 13.3. The Morgan fingerprint density at radius 3 is 2.30 bits per heavy atom. The smallest absolute Gasteiger partial charge is 0.295 e. The Morgan fingerprint density at radius 1 is 1.03 bits per heavy atom. The Morgan fingerprint density at radius 2 is 1.70 bits per heavy atom. The van der Waals surface area contributed by atoms with Gasteiger partial charge in [0.25, 0.3) is 11.7 Å². The molecule has 1 atom stereocenters. The van der Waals surface area contributed by atoms with Crippen LogP contribution in [0.25, 0.3) is 5.76 Å². The topological polar surface area (TPSA) is 79.3 Å². The molecule has 3 rings (SSSR count). The van der Waals surface area contributed by atoms with Crippen molar-refractivity contribution in [1.29, 1.82) is 0 Å². The van der Waals surface area contributed by atoms with Gasteiger partial charge < -0.3 is 24.4 Å². The number of benzene rings is 2. The molecular weight excluding hydrogens is 384 g/mol. The molecule has 1 saturated heterocycles. The fourth-order valence-electron chi connectivity index (χ4n) is 3.54. The van der Waals surface area contributed by atoms with Crippen LogP contribution < -0.4 is 9.47 Å². The van der Waals surface area contributed by atoms with Crippen LogP contribution in [0.3, 0.4) is 0 Å². The van der Waals surface area contributed by atoms with E-state index in [1.54, 1.807) is 42.5 Å². The average Bonchev–Trinajstić information content (AvgIpc) is 3.01. The number of carbonyl (C=O) groups is 2. The van der Waals surface area contributed by atoms with Crippen molar-refractivity contribution < 1.29 is 24.2 Å². The second-order valence-corrected chi connectivity index (χ2v) is 7.28. The molecular formula is C23H26N2O5. The highest BCUT2D eigenvalue weighted by Crippen LogP contribution is 2.41. The summed E-state index contributed by atoms with van der Waals surface area (Å²) in [4.78, 5) is 29.3. The number of Topliss-reactive ketones (excluding diaryl/α,β-unsaturated/α-hetero) is 1. The zero-order valence-corrected chi connectivity index (χ0v) is 17.6. The van der Waals surface area contributed by atoms with E-state index in [-0.39, 0.29) is 11.3 Å². The number of hydrogen-bond donors (Lipinski definition) is 1. The van der Waals surface area contributed by atoms with Gasteiger partial charge in [0.05, 0.1) is 25.8 Å². The Labute approximate surface area is 176 Å². The average molecular weight is 410 g/mol. The molecule has 0 spiro atoms. The number of likely N-dealkylation sites (tertiary alicyclic amines) is 1. The van der Waals surface area contributed by atoms with E-state index in [1.807, 2.05) is 25.1 Å². The SMILES string of the molecule is COc1ccc(C2/C(=C(/O)c3ccccc3)C(=O)C(=O)N2CCN(C)C)cc1OC. The summed E-state index contributed by atoms with van der Waals surface area (Å²) in [6.07, 6.45) is 0. The first-order valence-electron chi connectivity index (χ1n) is 9.59. The van der Waals surface area contributed by atoms with Gasteiger partial charge in [-0.15, -0.1) is 0 Å². The molecule has 0 aliphatic carbocycles. The molecule has 7 nitrogen and oxygen atoms in total. The lowest BCUT2D eigenvalue weighted by Gasteiger charge is -2.27. The van der Waals surface area contributed by atoms with Gasteiger partial charge in [-0.2, -0.15) is 0 Å². The molecule has 0 bridgehead atoms. The third kappa shape index (κ3) is 4.02. The van der Waals surface area contributed by atoms with E-state index in [2.05, 4.69) is 0 Å². The lowest BCUT2D eigenvalue weighted by Crippen LogP contribution is -2.35. The molecule has 1 heterocycles. The molecule has 0 aromatic heterocycles. The van der Waals surface area contributed by atoms with Crippen molar-refractivity contribution in [3.05, 3.63) is 65.2 Å². The Bertz CT molecular complexity index is 969. The molecule has 2 aromatic carbocycles. The molecule has 1 unspecified atom stereocenters. The maximum atomic E-state index is 13.0. The molecule has 30 heavy (non-hydrogen) atoms. The number of aliphatic hydroxyl groups excluding tert-OH is 1. The first-order chi connectivity index (χ1) is 14.4. The van der Waals surface area contributed by atoms with Crippen molar-refractivity contribution in [3.63, 3.8) is 0 Å². The number of methoxy groups -OCH3 is 2. The molecule has 1 amide bonds. The van der Waals surface area contributed by atoms with Gasteiger partial charge in [0.15, 0.2) is 11.5 Å². The standard InChI is InChI=1S/C23H26N2O5/c1-24(2)12-13-25-20(16-10-11-17(29-3)18(14-16)30-4)19(22(27)23(25)28)21(26)15-8-6-5-7-9-15/h5-11,14,20,26H,12-13H2,1-4H3/b21-19-. The summed E-state index contributed by atoms with van der Waals surface area (Å²) in [5.74, 6) is -0.507. The second-order valence-electron chi connectivity index (χ2n) is 7.28. The molecule has 1 fully saturated rings. The normalized spacial score (nSPS) is 18.2. The van der Waals surface area contributed by atoms with Crippen LogP contribution in [-0.2, 0) is 9.59 Å². The van der Waals surface area contributed by atoms with Crippen LogP contribution in [-0.4, -0.2) is 68.0 Å². The van der Waals surface area contributed by atoms with Gasteiger partial charge in [0.1, 0.15) is 5.76 Å². The van der Waals surface area contributed by atoms with Gasteiger partial charge in [0, 0.05) is 18.7 Å². The first-order valence-corrected chi connectivity index (χ1v) is 9.59. The van der Waals surface area contributed by atoms with Crippen molar-refractivity contribution in [2.45, 2.75) is 6.04 Å². The molecule has 7 heteroatoms. The first kappa shape index (κ1) is 21.4. The Balaban J connectivity index is 2.17. The van der Waals surface area contributed by atoms with E-state index < -0.39 is 17.7 Å². The van der Waals surface area contributed by atoms with E-state index in [4.69, 9.17) is 9.47 Å². The van der Waals surface area contributed by atoms with E-state index in [0.717, 1.165) is 0 Å². The van der Waals surface area contributed by atoms with E-state index in [1.165, 1.54) is 19.1 Å². The van der Waals surface area contributed by atoms with Crippen LogP contribution in [0.15, 0.2) is 54.1 Å². The summed E-state index contributed by atoms with van der Waals surface area (Å²) in [5, 5.41) is 11.0. The van der Waals surface area contributed by atoms with Gasteiger partial charge in [-0.1, -0.05) is 36.4 Å². The number of hydrogen-bond acceptors (Lipinski definition) is 6. The van der Waals surface area contributed by atoms with Crippen molar-refractivity contribution in [3.8, 4) is 11.5 Å². The number of amides is 1. The third-order valence-corrected chi connectivity index (χ3v) is 5.10. The summed E-state index contributed by atoms with van der Waals surface area (Å²) >= 11 is 0. The summed E-state index contributed by atoms with van der Waals surface area (Å²) in [7, 11) is 6.85. The van der Waals surface area contributed by atoms with Crippen molar-refractivity contribution >= 4 is 17.4 Å². The molecule has 1 aliphatic rings. The Hall–Kier alpha value is -3.32. The van der Waals surface area contributed by atoms with Gasteiger partial charge in [-0.3, -0.25) is 9.59 Å². The summed E-state index contributed by atoms with van der Waals surface area (Å²) in [5.41, 5.74) is 1.20. The van der Waals surface area contributed by atoms with Crippen LogP contribution in [0.2, 0.25) is 0 Å². The van der Waals surface area contributed by atoms with Crippen molar-refractivity contribution in [2.24, 2.45) is 0 Å². The van der Waals surface area contributed by atoms with Gasteiger partial charge in [0.2, 0.25) is 0 Å². The molecule has 0 saturated carbocycles. The highest BCUT2D eigenvalue weighted by atomic mass is 16.5. The zero-order chi connectivity index (χ0) is 21.8. The van der Waals surface area contributed by atoms with Crippen LogP contribution in [0, 0.1) is 0 Å². The fraction of sp³-hybridized carbons (Fsp3) is 0.304. The number of ketones is 1. The predicted octanol–water partition coefficient (Wildman–Crippen LogP) is 2.69. The number of aliphatic hydroxyl groups is 1. The van der Waals surface area contributed by atoms with Crippen LogP contribution in [0.1, 0.15) is 17.2 Å². The third-order valence-electron chi connectivity index (χ3n) is 5.10. The van der Waals surface area contributed by atoms with E-state index in [9.17, 15) is 14.7 Å². The number of rotatable bonds is 7. The molecule has 1 aliphatic heterocycles. The van der Waals surface area contributed by atoms with Crippen molar-refractivity contribution in [2.75, 3.05) is 41.4 Å². The molecule has 1 N–H and O–H groups in total. The minimum Gasteiger partial charge on any atom is -0.507 e. The minimum atomic E-state index is -0.732. The van der Waals surface area contributed by atoms with Crippen LogP contribution >= 0.6 is 0 Å². The predicted molar refractivity (Wildman–Crippen MR) is 114 cm³/mol. The lowest BCUT2D eigenvalue weighted by molar-refractivity contribution is -0.140. The number of ether oxygens (including phenoxy) is 2. The van der Waals surface area contributed by atoms with Gasteiger partial charge in [-0.25, -0.2) is 0 Å². The number of nitrogens with zero attached hydrogens (tertiary/aromatic N) is 2. The monoisotopic (exact) mass is 410 g/mol.